The Bertz CT molecular complexity index is 1270. The Labute approximate surface area is 207 Å². The van der Waals surface area contributed by atoms with Crippen LogP contribution < -0.4 is 10.2 Å². The molecule has 1 amide bonds. The van der Waals surface area contributed by atoms with Gasteiger partial charge in [-0.15, -0.1) is 10.2 Å². The maximum atomic E-state index is 12.6. The van der Waals surface area contributed by atoms with Gasteiger partial charge in [0.15, 0.2) is 5.16 Å². The number of benzene rings is 2. The zero-order valence-electron chi connectivity index (χ0n) is 18.5. The van der Waals surface area contributed by atoms with Crippen LogP contribution in [0.3, 0.4) is 0 Å². The molecule has 1 aliphatic heterocycles. The fourth-order valence-electron chi connectivity index (χ4n) is 3.95. The van der Waals surface area contributed by atoms with Crippen molar-refractivity contribution in [1.82, 2.24) is 20.1 Å². The minimum Gasteiger partial charge on any atom is -0.467 e. The quantitative estimate of drug-likeness (QED) is 0.334. The topological polar surface area (TPSA) is 76.2 Å². The SMILES string of the molecule is O=C(NCc1ccco1)c1cccc(CSc2nnc(N3CCCC3)n2-c2ccccc2Cl)c1. The summed E-state index contributed by atoms with van der Waals surface area (Å²) in [7, 11) is 0. The molecule has 0 unspecified atom stereocenters. The van der Waals surface area contributed by atoms with Gasteiger partial charge in [-0.2, -0.15) is 0 Å². The second-order valence-electron chi connectivity index (χ2n) is 8.01. The average Bonchev–Trinajstić information content (AvgIpc) is 3.64. The van der Waals surface area contributed by atoms with Crippen LogP contribution in [0.2, 0.25) is 5.02 Å². The Morgan fingerprint density at radius 2 is 1.91 bits per heavy atom. The highest BCUT2D eigenvalue weighted by Crippen LogP contribution is 2.33. The summed E-state index contributed by atoms with van der Waals surface area (Å²) in [5, 5.41) is 13.3. The zero-order valence-corrected chi connectivity index (χ0v) is 20.1. The number of hydrogen-bond acceptors (Lipinski definition) is 6. The average molecular weight is 494 g/mol. The molecule has 3 heterocycles. The van der Waals surface area contributed by atoms with E-state index in [4.69, 9.17) is 16.0 Å². The highest BCUT2D eigenvalue weighted by molar-refractivity contribution is 7.98. The Kier molecular flexibility index (Phi) is 6.87. The van der Waals surface area contributed by atoms with Gasteiger partial charge in [-0.25, -0.2) is 0 Å². The van der Waals surface area contributed by atoms with Crippen molar-refractivity contribution < 1.29 is 9.21 Å². The van der Waals surface area contributed by atoms with Crippen LogP contribution >= 0.6 is 23.4 Å². The molecule has 0 spiro atoms. The van der Waals surface area contributed by atoms with Gasteiger partial charge in [0.1, 0.15) is 5.76 Å². The summed E-state index contributed by atoms with van der Waals surface area (Å²) in [6, 6.07) is 19.0. The minimum absolute atomic E-state index is 0.140. The number of thioether (sulfide) groups is 1. The van der Waals surface area contributed by atoms with Crippen LogP contribution in [-0.2, 0) is 12.3 Å². The number of carbonyl (C=O) groups excluding carboxylic acids is 1. The van der Waals surface area contributed by atoms with Crippen LogP contribution in [0.1, 0.15) is 34.5 Å². The molecule has 0 aliphatic carbocycles. The van der Waals surface area contributed by atoms with Crippen LogP contribution in [-0.4, -0.2) is 33.8 Å². The predicted molar refractivity (Wildman–Crippen MR) is 134 cm³/mol. The first kappa shape index (κ1) is 22.6. The van der Waals surface area contributed by atoms with Crippen molar-refractivity contribution in [1.29, 1.82) is 0 Å². The fourth-order valence-corrected chi connectivity index (χ4v) is 5.06. The van der Waals surface area contributed by atoms with E-state index in [2.05, 4.69) is 20.4 Å². The fraction of sp³-hybridized carbons (Fsp3) is 0.240. The standard InChI is InChI=1S/C25H24ClN5O2S/c26-21-10-1-2-11-22(21)31-24(30-12-3-4-13-30)28-29-25(31)34-17-18-7-5-8-19(15-18)23(32)27-16-20-9-6-14-33-20/h1-2,5-11,14-15H,3-4,12-13,16-17H2,(H,27,32). The smallest absolute Gasteiger partial charge is 0.251 e. The van der Waals surface area contributed by atoms with Crippen molar-refractivity contribution in [2.24, 2.45) is 0 Å². The minimum atomic E-state index is -0.140. The van der Waals surface area contributed by atoms with Gasteiger partial charge in [-0.1, -0.05) is 47.6 Å². The van der Waals surface area contributed by atoms with E-state index in [9.17, 15) is 4.79 Å². The van der Waals surface area contributed by atoms with Gasteiger partial charge in [0.05, 0.1) is 23.5 Å². The molecule has 1 aliphatic rings. The second-order valence-corrected chi connectivity index (χ2v) is 9.36. The van der Waals surface area contributed by atoms with Crippen molar-refractivity contribution in [3.05, 3.63) is 88.8 Å². The molecule has 2 aromatic carbocycles. The zero-order chi connectivity index (χ0) is 23.3. The van der Waals surface area contributed by atoms with Crippen LogP contribution in [0, 0.1) is 0 Å². The summed E-state index contributed by atoms with van der Waals surface area (Å²) in [5.74, 6) is 2.03. The van der Waals surface area contributed by atoms with Crippen LogP contribution in [0.25, 0.3) is 5.69 Å². The Hall–Kier alpha value is -3.23. The Morgan fingerprint density at radius 1 is 1.06 bits per heavy atom. The number of anilines is 1. The second kappa shape index (κ2) is 10.4. The number of rotatable bonds is 8. The first-order valence-electron chi connectivity index (χ1n) is 11.2. The molecular formula is C25H24ClN5O2S. The lowest BCUT2D eigenvalue weighted by molar-refractivity contribution is 0.0948. The largest absolute Gasteiger partial charge is 0.467 e. The Balaban J connectivity index is 1.34. The molecule has 5 rings (SSSR count). The highest BCUT2D eigenvalue weighted by atomic mass is 35.5. The van der Waals surface area contributed by atoms with E-state index >= 15 is 0 Å². The molecule has 1 saturated heterocycles. The lowest BCUT2D eigenvalue weighted by Gasteiger charge is -2.19. The molecule has 0 radical (unpaired) electrons. The van der Waals surface area contributed by atoms with Gasteiger partial charge in [-0.05, 0) is 54.8 Å². The first-order valence-corrected chi connectivity index (χ1v) is 12.5. The van der Waals surface area contributed by atoms with Crippen molar-refractivity contribution in [2.45, 2.75) is 30.3 Å². The van der Waals surface area contributed by atoms with Crippen molar-refractivity contribution in [3.8, 4) is 5.69 Å². The lowest BCUT2D eigenvalue weighted by Crippen LogP contribution is -2.22. The third-order valence-electron chi connectivity index (χ3n) is 5.66. The first-order chi connectivity index (χ1) is 16.7. The molecule has 174 valence electrons. The summed E-state index contributed by atoms with van der Waals surface area (Å²) >= 11 is 8.12. The summed E-state index contributed by atoms with van der Waals surface area (Å²) in [4.78, 5) is 14.8. The van der Waals surface area contributed by atoms with E-state index in [1.165, 1.54) is 0 Å². The van der Waals surface area contributed by atoms with E-state index in [1.54, 1.807) is 24.1 Å². The van der Waals surface area contributed by atoms with Crippen LogP contribution in [0.15, 0.2) is 76.5 Å². The number of aromatic nitrogens is 3. The number of nitrogens with zero attached hydrogens (tertiary/aromatic N) is 4. The number of furan rings is 1. The third-order valence-corrected chi connectivity index (χ3v) is 6.98. The molecule has 2 aromatic heterocycles. The molecule has 1 N–H and O–H groups in total. The maximum Gasteiger partial charge on any atom is 0.251 e. The Morgan fingerprint density at radius 3 is 2.71 bits per heavy atom. The normalized spacial score (nSPS) is 13.4. The summed E-state index contributed by atoms with van der Waals surface area (Å²) < 4.78 is 7.32. The molecule has 1 fully saturated rings. The van der Waals surface area contributed by atoms with Crippen molar-refractivity contribution in [2.75, 3.05) is 18.0 Å². The molecule has 9 heteroatoms. The monoisotopic (exact) mass is 493 g/mol. The molecule has 34 heavy (non-hydrogen) atoms. The van der Waals surface area contributed by atoms with E-state index in [0.29, 0.717) is 28.6 Å². The number of amides is 1. The van der Waals surface area contributed by atoms with Gasteiger partial charge in [0.25, 0.3) is 5.91 Å². The van der Waals surface area contributed by atoms with Gasteiger partial charge in [0.2, 0.25) is 5.95 Å². The molecule has 0 saturated carbocycles. The summed E-state index contributed by atoms with van der Waals surface area (Å²) in [6.07, 6.45) is 3.88. The van der Waals surface area contributed by atoms with Crippen molar-refractivity contribution in [3.63, 3.8) is 0 Å². The van der Waals surface area contributed by atoms with E-state index in [-0.39, 0.29) is 5.91 Å². The maximum absolute atomic E-state index is 12.6. The number of carbonyl (C=O) groups is 1. The number of halogens is 1. The molecule has 0 atom stereocenters. The van der Waals surface area contributed by atoms with Gasteiger partial charge in [0, 0.05) is 24.4 Å². The molecule has 7 nitrogen and oxygen atoms in total. The van der Waals surface area contributed by atoms with E-state index < -0.39 is 0 Å². The molecule has 0 bridgehead atoms. The predicted octanol–water partition coefficient (Wildman–Crippen LogP) is 5.34. The molecule has 4 aromatic rings. The number of hydrogen-bond donors (Lipinski definition) is 1. The van der Waals surface area contributed by atoms with Gasteiger partial charge >= 0.3 is 0 Å². The summed E-state index contributed by atoms with van der Waals surface area (Å²) in [5.41, 5.74) is 2.49. The van der Waals surface area contributed by atoms with Crippen molar-refractivity contribution >= 4 is 35.2 Å². The van der Waals surface area contributed by atoms with E-state index in [0.717, 1.165) is 48.3 Å². The van der Waals surface area contributed by atoms with Crippen LogP contribution in [0.4, 0.5) is 5.95 Å². The molecular weight excluding hydrogens is 470 g/mol. The highest BCUT2D eigenvalue weighted by Gasteiger charge is 2.23. The van der Waals surface area contributed by atoms with Gasteiger partial charge < -0.3 is 14.6 Å². The third kappa shape index (κ3) is 4.98. The van der Waals surface area contributed by atoms with Gasteiger partial charge in [-0.3, -0.25) is 9.36 Å². The lowest BCUT2D eigenvalue weighted by atomic mass is 10.1. The number of para-hydroxylation sites is 1. The van der Waals surface area contributed by atoms with E-state index in [1.807, 2.05) is 59.2 Å². The number of nitrogens with one attached hydrogen (secondary N) is 1. The van der Waals surface area contributed by atoms with Crippen LogP contribution in [0.5, 0.6) is 0 Å². The summed E-state index contributed by atoms with van der Waals surface area (Å²) in [6.45, 7) is 2.27.